The third kappa shape index (κ3) is 2.91. The van der Waals surface area contributed by atoms with Gasteiger partial charge in [-0.05, 0) is 32.5 Å². The Morgan fingerprint density at radius 2 is 2.11 bits per heavy atom. The number of amides is 1. The lowest BCUT2D eigenvalue weighted by molar-refractivity contribution is 0.0671. The van der Waals surface area contributed by atoms with E-state index >= 15 is 0 Å². The van der Waals surface area contributed by atoms with E-state index in [2.05, 4.69) is 4.90 Å². The number of aliphatic hydroxyl groups excluding tert-OH is 1. The van der Waals surface area contributed by atoms with Gasteiger partial charge >= 0.3 is 0 Å². The molecule has 0 saturated carbocycles. The largest absolute Gasteiger partial charge is 0.390 e. The zero-order chi connectivity index (χ0) is 13.3. The number of likely N-dealkylation sites (N-methyl/N-ethyl adjacent to an activating group) is 1. The molecule has 1 amide bonds. The molecule has 1 aromatic heterocycles. The molecule has 1 atom stereocenters. The zero-order valence-corrected chi connectivity index (χ0v) is 12.0. The van der Waals surface area contributed by atoms with Gasteiger partial charge in [0, 0.05) is 31.1 Å². The van der Waals surface area contributed by atoms with E-state index in [4.69, 9.17) is 0 Å². The third-order valence-electron chi connectivity index (χ3n) is 3.37. The maximum absolute atomic E-state index is 12.4. The zero-order valence-electron chi connectivity index (χ0n) is 11.1. The molecule has 1 N–H and O–H groups in total. The monoisotopic (exact) mass is 268 g/mol. The highest BCUT2D eigenvalue weighted by atomic mass is 32.1. The fraction of sp³-hybridized carbons (Fsp3) is 0.615. The van der Waals surface area contributed by atoms with Gasteiger partial charge in [0.2, 0.25) is 0 Å². The number of aliphatic hydroxyl groups is 1. The average Bonchev–Trinajstić information content (AvgIpc) is 2.53. The van der Waals surface area contributed by atoms with E-state index < -0.39 is 6.10 Å². The number of aryl methyl sites for hydroxylation is 2. The van der Waals surface area contributed by atoms with Crippen LogP contribution in [0.25, 0.3) is 0 Å². The molecule has 0 radical (unpaired) electrons. The van der Waals surface area contributed by atoms with E-state index in [-0.39, 0.29) is 5.91 Å². The van der Waals surface area contributed by atoms with Crippen molar-refractivity contribution in [2.24, 2.45) is 0 Å². The minimum atomic E-state index is -0.455. The Kier molecular flexibility index (Phi) is 4.04. The van der Waals surface area contributed by atoms with Crippen molar-refractivity contribution in [1.82, 2.24) is 9.80 Å². The van der Waals surface area contributed by atoms with Gasteiger partial charge in [-0.3, -0.25) is 4.79 Å². The molecule has 1 saturated heterocycles. The van der Waals surface area contributed by atoms with Crippen LogP contribution >= 0.6 is 11.3 Å². The van der Waals surface area contributed by atoms with Crippen molar-refractivity contribution < 1.29 is 9.90 Å². The molecule has 5 heteroatoms. The van der Waals surface area contributed by atoms with Gasteiger partial charge in [0.05, 0.1) is 11.0 Å². The molecule has 0 aliphatic carbocycles. The fourth-order valence-corrected chi connectivity index (χ4v) is 3.17. The highest BCUT2D eigenvalue weighted by molar-refractivity contribution is 7.14. The minimum Gasteiger partial charge on any atom is -0.390 e. The van der Waals surface area contributed by atoms with Crippen molar-refractivity contribution in [3.05, 3.63) is 21.4 Å². The maximum Gasteiger partial charge on any atom is 0.264 e. The number of nitrogens with zero attached hydrogens (tertiary/aromatic N) is 2. The Balaban J connectivity index is 2.12. The van der Waals surface area contributed by atoms with E-state index in [1.165, 1.54) is 16.2 Å². The Labute approximate surface area is 112 Å². The topological polar surface area (TPSA) is 43.8 Å². The number of β-amino-alcohol motifs (C(OH)–C–C–N with tert-alkyl or cyclic N) is 1. The van der Waals surface area contributed by atoms with Gasteiger partial charge in [0.15, 0.2) is 0 Å². The second-order valence-corrected chi connectivity index (χ2v) is 6.27. The van der Waals surface area contributed by atoms with E-state index in [1.807, 2.05) is 27.0 Å². The van der Waals surface area contributed by atoms with Crippen molar-refractivity contribution in [3.63, 3.8) is 0 Å². The van der Waals surface area contributed by atoms with Crippen LogP contribution in [0.5, 0.6) is 0 Å². The number of carbonyl (C=O) groups excluding carboxylic acids is 1. The highest BCUT2D eigenvalue weighted by Gasteiger charge is 2.24. The summed E-state index contributed by atoms with van der Waals surface area (Å²) in [6.07, 6.45) is -0.455. The van der Waals surface area contributed by atoms with Crippen LogP contribution in [0.4, 0.5) is 0 Å². The molecule has 2 heterocycles. The molecule has 1 aliphatic rings. The number of rotatable bonds is 1. The van der Waals surface area contributed by atoms with Gasteiger partial charge in [-0.15, -0.1) is 11.3 Å². The SMILES string of the molecule is Cc1cc(C(=O)N2CCN(C)C[C@@H](O)C2)sc1C. The van der Waals surface area contributed by atoms with Gasteiger partial charge in [-0.1, -0.05) is 0 Å². The van der Waals surface area contributed by atoms with Crippen molar-refractivity contribution >= 4 is 17.2 Å². The summed E-state index contributed by atoms with van der Waals surface area (Å²) in [5.74, 6) is 0.0468. The van der Waals surface area contributed by atoms with Crippen molar-refractivity contribution in [2.45, 2.75) is 20.0 Å². The van der Waals surface area contributed by atoms with Crippen LogP contribution in [0.15, 0.2) is 6.07 Å². The normalized spacial score (nSPS) is 22.0. The molecule has 2 rings (SSSR count). The Morgan fingerprint density at radius 1 is 1.39 bits per heavy atom. The van der Waals surface area contributed by atoms with Gasteiger partial charge in [0.25, 0.3) is 5.91 Å². The molecule has 4 nitrogen and oxygen atoms in total. The predicted octanol–water partition coefficient (Wildman–Crippen LogP) is 1.11. The molecule has 0 bridgehead atoms. The molecule has 100 valence electrons. The van der Waals surface area contributed by atoms with Crippen LogP contribution in [-0.2, 0) is 0 Å². The number of thiophene rings is 1. The average molecular weight is 268 g/mol. The molecule has 1 aliphatic heterocycles. The summed E-state index contributed by atoms with van der Waals surface area (Å²) in [7, 11) is 1.97. The third-order valence-corrected chi connectivity index (χ3v) is 4.51. The second kappa shape index (κ2) is 5.38. The molecule has 1 aromatic rings. The summed E-state index contributed by atoms with van der Waals surface area (Å²) >= 11 is 1.54. The van der Waals surface area contributed by atoms with Crippen LogP contribution in [0.2, 0.25) is 0 Å². The summed E-state index contributed by atoms with van der Waals surface area (Å²) in [6.45, 7) is 6.61. The number of hydrogen-bond acceptors (Lipinski definition) is 4. The second-order valence-electron chi connectivity index (χ2n) is 5.02. The lowest BCUT2D eigenvalue weighted by Gasteiger charge is -2.20. The van der Waals surface area contributed by atoms with E-state index in [0.29, 0.717) is 19.6 Å². The minimum absolute atomic E-state index is 0.0468. The first-order valence-corrected chi connectivity index (χ1v) is 7.02. The molecule has 1 fully saturated rings. The summed E-state index contributed by atoms with van der Waals surface area (Å²) in [6, 6.07) is 1.95. The lowest BCUT2D eigenvalue weighted by Crippen LogP contribution is -2.37. The quantitative estimate of drug-likeness (QED) is 0.830. The molecule has 0 aromatic carbocycles. The molecule has 0 spiro atoms. The summed E-state index contributed by atoms with van der Waals surface area (Å²) in [5.41, 5.74) is 1.16. The lowest BCUT2D eigenvalue weighted by atomic mass is 10.2. The highest BCUT2D eigenvalue weighted by Crippen LogP contribution is 2.22. The van der Waals surface area contributed by atoms with E-state index in [9.17, 15) is 9.90 Å². The van der Waals surface area contributed by atoms with Gasteiger partial charge in [-0.25, -0.2) is 0 Å². The predicted molar refractivity (Wildman–Crippen MR) is 73.2 cm³/mol. The number of hydrogen-bond donors (Lipinski definition) is 1. The van der Waals surface area contributed by atoms with Crippen LogP contribution < -0.4 is 0 Å². The van der Waals surface area contributed by atoms with Gasteiger partial charge in [0.1, 0.15) is 0 Å². The van der Waals surface area contributed by atoms with Crippen LogP contribution in [-0.4, -0.2) is 60.1 Å². The van der Waals surface area contributed by atoms with Crippen LogP contribution in [0.1, 0.15) is 20.1 Å². The molecular formula is C13H20N2O2S. The van der Waals surface area contributed by atoms with Crippen molar-refractivity contribution in [1.29, 1.82) is 0 Å². The summed E-state index contributed by atoms with van der Waals surface area (Å²) < 4.78 is 0. The molecule has 18 heavy (non-hydrogen) atoms. The Morgan fingerprint density at radius 3 is 2.72 bits per heavy atom. The van der Waals surface area contributed by atoms with Crippen molar-refractivity contribution in [3.8, 4) is 0 Å². The van der Waals surface area contributed by atoms with Crippen LogP contribution in [0.3, 0.4) is 0 Å². The standard InChI is InChI=1S/C13H20N2O2S/c1-9-6-12(18-10(9)2)13(17)15-5-4-14(3)7-11(16)8-15/h6,11,16H,4-5,7-8H2,1-3H3/t11-/m1/s1. The summed E-state index contributed by atoms with van der Waals surface area (Å²) in [4.78, 5) is 18.2. The molecular weight excluding hydrogens is 248 g/mol. The number of carbonyl (C=O) groups is 1. The van der Waals surface area contributed by atoms with E-state index in [1.54, 1.807) is 4.90 Å². The first-order valence-electron chi connectivity index (χ1n) is 6.20. The summed E-state index contributed by atoms with van der Waals surface area (Å²) in [5, 5.41) is 9.85. The Bertz CT molecular complexity index is 425. The maximum atomic E-state index is 12.4. The van der Waals surface area contributed by atoms with Crippen LogP contribution in [0, 0.1) is 13.8 Å². The smallest absolute Gasteiger partial charge is 0.264 e. The van der Waals surface area contributed by atoms with Gasteiger partial charge < -0.3 is 14.9 Å². The first kappa shape index (κ1) is 13.5. The first-order chi connectivity index (χ1) is 8.47. The van der Waals surface area contributed by atoms with Crippen molar-refractivity contribution in [2.75, 3.05) is 33.2 Å². The van der Waals surface area contributed by atoms with E-state index in [0.717, 1.165) is 17.0 Å². The van der Waals surface area contributed by atoms with Gasteiger partial charge in [-0.2, -0.15) is 0 Å². The Hall–Kier alpha value is -0.910. The molecule has 0 unspecified atom stereocenters. The fourth-order valence-electron chi connectivity index (χ4n) is 2.16.